The lowest BCUT2D eigenvalue weighted by Gasteiger charge is -2.36. The van der Waals surface area contributed by atoms with Crippen LogP contribution in [0.5, 0.6) is 0 Å². The highest BCUT2D eigenvalue weighted by atomic mass is 16.2. The maximum absolute atomic E-state index is 12.9. The number of para-hydroxylation sites is 1. The minimum atomic E-state index is 0.0849. The maximum Gasteiger partial charge on any atom is 0.253 e. The second-order valence-electron chi connectivity index (χ2n) is 9.24. The van der Waals surface area contributed by atoms with Gasteiger partial charge in [-0.2, -0.15) is 5.10 Å². The Morgan fingerprint density at radius 2 is 1.56 bits per heavy atom. The largest absolute Gasteiger partial charge is 0.352 e. The third-order valence-electron chi connectivity index (χ3n) is 6.21. The lowest BCUT2D eigenvalue weighted by molar-refractivity contribution is 0.0746. The number of hydrogen-bond donors (Lipinski definition) is 0. The van der Waals surface area contributed by atoms with E-state index in [2.05, 4.69) is 18.7 Å². The van der Waals surface area contributed by atoms with Gasteiger partial charge in [0.2, 0.25) is 0 Å². The Hall–Kier alpha value is -3.74. The van der Waals surface area contributed by atoms with Gasteiger partial charge >= 0.3 is 0 Å². The van der Waals surface area contributed by atoms with Crippen LogP contribution in [0, 0.1) is 12.8 Å². The van der Waals surface area contributed by atoms with Gasteiger partial charge in [0.1, 0.15) is 11.6 Å². The summed E-state index contributed by atoms with van der Waals surface area (Å²) in [7, 11) is 0. The molecule has 4 aromatic rings. The number of carbonyl (C=O) groups is 1. The number of amides is 1. The summed E-state index contributed by atoms with van der Waals surface area (Å²) in [5.74, 6) is 2.28. The molecule has 1 fully saturated rings. The Bertz CT molecular complexity index is 1290. The molecular weight excluding hydrogens is 424 g/mol. The highest BCUT2D eigenvalue weighted by Gasteiger charge is 2.27. The molecule has 1 aliphatic heterocycles. The molecule has 2 aromatic heterocycles. The number of nitrogens with zero attached hydrogens (tertiary/aromatic N) is 6. The number of aromatic nitrogens is 4. The average molecular weight is 455 g/mol. The first-order valence-electron chi connectivity index (χ1n) is 11.9. The first-order valence-corrected chi connectivity index (χ1v) is 11.9. The van der Waals surface area contributed by atoms with Crippen molar-refractivity contribution < 1.29 is 4.79 Å². The van der Waals surface area contributed by atoms with Gasteiger partial charge < -0.3 is 9.80 Å². The van der Waals surface area contributed by atoms with Gasteiger partial charge in [-0.3, -0.25) is 4.79 Å². The van der Waals surface area contributed by atoms with Crippen LogP contribution in [0.4, 0.5) is 5.82 Å². The second-order valence-corrected chi connectivity index (χ2v) is 9.24. The summed E-state index contributed by atoms with van der Waals surface area (Å²) in [6.07, 6.45) is 0.800. The van der Waals surface area contributed by atoms with Crippen LogP contribution in [-0.4, -0.2) is 56.7 Å². The van der Waals surface area contributed by atoms with Crippen LogP contribution in [0.15, 0.2) is 60.7 Å². The van der Waals surface area contributed by atoms with E-state index in [4.69, 9.17) is 15.1 Å². The predicted octanol–water partition coefficient (Wildman–Crippen LogP) is 4.28. The quantitative estimate of drug-likeness (QED) is 0.450. The molecule has 0 saturated carbocycles. The third kappa shape index (κ3) is 4.25. The lowest BCUT2D eigenvalue weighted by Crippen LogP contribution is -2.49. The highest BCUT2D eigenvalue weighted by Crippen LogP contribution is 2.30. The van der Waals surface area contributed by atoms with Gasteiger partial charge in [-0.1, -0.05) is 50.2 Å². The Kier molecular flexibility index (Phi) is 6.01. The van der Waals surface area contributed by atoms with Gasteiger partial charge in [0.15, 0.2) is 5.65 Å². The molecule has 0 bridgehead atoms. The van der Waals surface area contributed by atoms with Gasteiger partial charge in [-0.15, -0.1) is 0 Å². The summed E-state index contributed by atoms with van der Waals surface area (Å²) in [4.78, 5) is 27.1. The van der Waals surface area contributed by atoms with Gasteiger partial charge in [0.25, 0.3) is 5.91 Å². The number of aryl methyl sites for hydroxylation is 1. The van der Waals surface area contributed by atoms with Crippen LogP contribution in [-0.2, 0) is 6.42 Å². The first kappa shape index (κ1) is 22.1. The van der Waals surface area contributed by atoms with Crippen LogP contribution < -0.4 is 4.90 Å². The van der Waals surface area contributed by atoms with E-state index >= 15 is 0 Å². The summed E-state index contributed by atoms with van der Waals surface area (Å²) < 4.78 is 1.93. The van der Waals surface area contributed by atoms with E-state index in [9.17, 15) is 4.79 Å². The maximum atomic E-state index is 12.9. The Morgan fingerprint density at radius 3 is 2.21 bits per heavy atom. The Morgan fingerprint density at radius 1 is 0.912 bits per heavy atom. The zero-order chi connectivity index (χ0) is 23.7. The lowest BCUT2D eigenvalue weighted by atomic mass is 10.1. The molecule has 174 valence electrons. The van der Waals surface area contributed by atoms with Crippen molar-refractivity contribution in [3.63, 3.8) is 0 Å². The second kappa shape index (κ2) is 9.25. The molecule has 0 radical (unpaired) electrons. The molecule has 0 spiro atoms. The number of anilines is 1. The van der Waals surface area contributed by atoms with E-state index in [1.807, 2.05) is 77.2 Å². The third-order valence-corrected chi connectivity index (χ3v) is 6.21. The molecule has 0 N–H and O–H groups in total. The van der Waals surface area contributed by atoms with Crippen molar-refractivity contribution in [1.29, 1.82) is 0 Å². The summed E-state index contributed by atoms with van der Waals surface area (Å²) in [6, 6.07) is 19.6. The molecule has 0 aliphatic carbocycles. The van der Waals surface area contributed by atoms with Gasteiger partial charge in [0, 0.05) is 38.2 Å². The molecule has 0 unspecified atom stereocenters. The smallest absolute Gasteiger partial charge is 0.253 e. The Balaban J connectivity index is 1.49. The first-order chi connectivity index (χ1) is 16.5. The zero-order valence-corrected chi connectivity index (χ0v) is 20.0. The van der Waals surface area contributed by atoms with Crippen molar-refractivity contribution in [2.24, 2.45) is 5.92 Å². The number of piperazine rings is 1. The topological polar surface area (TPSA) is 67.2 Å². The van der Waals surface area contributed by atoms with Crippen LogP contribution >= 0.6 is 0 Å². The summed E-state index contributed by atoms with van der Waals surface area (Å²) in [5, 5.41) is 5.83. The van der Waals surface area contributed by atoms with Crippen LogP contribution in [0.25, 0.3) is 16.7 Å². The molecule has 1 saturated heterocycles. The fraction of sp³-hybridized carbons (Fsp3) is 0.333. The minimum Gasteiger partial charge on any atom is -0.352 e. The fourth-order valence-corrected chi connectivity index (χ4v) is 4.52. The molecule has 34 heavy (non-hydrogen) atoms. The standard InChI is InChI=1S/C27H30N6O/c1-19(2)18-23-28-25(24-20(3)30-33(26(24)29-23)22-12-8-5-9-13-22)31-14-16-32(17-15-31)27(34)21-10-6-4-7-11-21/h4-13,19H,14-18H2,1-3H3. The number of carbonyl (C=O) groups excluding carboxylic acids is 1. The molecule has 5 rings (SSSR count). The monoisotopic (exact) mass is 454 g/mol. The summed E-state index contributed by atoms with van der Waals surface area (Å²) in [6.45, 7) is 9.15. The molecule has 1 aliphatic rings. The molecule has 2 aromatic carbocycles. The van der Waals surface area contributed by atoms with E-state index < -0.39 is 0 Å². The number of benzene rings is 2. The van der Waals surface area contributed by atoms with Crippen LogP contribution in [0.2, 0.25) is 0 Å². The SMILES string of the molecule is Cc1nn(-c2ccccc2)c2nc(CC(C)C)nc(N3CCN(C(=O)c4ccccc4)CC3)c12. The van der Waals surface area contributed by atoms with E-state index in [1.54, 1.807) is 0 Å². The van der Waals surface area contributed by atoms with Crippen molar-refractivity contribution in [2.75, 3.05) is 31.1 Å². The van der Waals surface area contributed by atoms with Crippen molar-refractivity contribution in [3.05, 3.63) is 77.7 Å². The van der Waals surface area contributed by atoms with Gasteiger partial charge in [-0.25, -0.2) is 14.6 Å². The molecule has 3 heterocycles. The average Bonchev–Trinajstić information content (AvgIpc) is 3.20. The zero-order valence-electron chi connectivity index (χ0n) is 20.0. The van der Waals surface area contributed by atoms with Crippen LogP contribution in [0.1, 0.15) is 35.7 Å². The van der Waals surface area contributed by atoms with Crippen molar-refractivity contribution in [3.8, 4) is 5.69 Å². The highest BCUT2D eigenvalue weighted by molar-refractivity contribution is 5.94. The fourth-order valence-electron chi connectivity index (χ4n) is 4.52. The molecular formula is C27H30N6O. The van der Waals surface area contributed by atoms with Crippen molar-refractivity contribution >= 4 is 22.8 Å². The summed E-state index contributed by atoms with van der Waals surface area (Å²) in [5.41, 5.74) is 3.47. The van der Waals surface area contributed by atoms with E-state index in [-0.39, 0.29) is 5.91 Å². The summed E-state index contributed by atoms with van der Waals surface area (Å²) >= 11 is 0. The minimum absolute atomic E-state index is 0.0849. The Labute approximate surface area is 200 Å². The number of hydrogen-bond acceptors (Lipinski definition) is 5. The van der Waals surface area contributed by atoms with Crippen LogP contribution in [0.3, 0.4) is 0 Å². The molecule has 1 amide bonds. The van der Waals surface area contributed by atoms with E-state index in [1.165, 1.54) is 0 Å². The van der Waals surface area contributed by atoms with Crippen molar-refractivity contribution in [1.82, 2.24) is 24.6 Å². The van der Waals surface area contributed by atoms with Crippen molar-refractivity contribution in [2.45, 2.75) is 27.2 Å². The number of fused-ring (bicyclic) bond motifs is 1. The molecule has 0 atom stereocenters. The normalized spacial score (nSPS) is 14.2. The van der Waals surface area contributed by atoms with Gasteiger partial charge in [-0.05, 0) is 37.1 Å². The molecule has 7 heteroatoms. The van der Waals surface area contributed by atoms with Gasteiger partial charge in [0.05, 0.1) is 16.8 Å². The van der Waals surface area contributed by atoms with E-state index in [0.29, 0.717) is 19.0 Å². The molecule has 7 nitrogen and oxygen atoms in total. The predicted molar refractivity (Wildman–Crippen MR) is 134 cm³/mol. The number of rotatable bonds is 5. The van der Waals surface area contributed by atoms with E-state index in [0.717, 1.165) is 59.1 Å².